The zero-order valence-corrected chi connectivity index (χ0v) is 23.5. The molecule has 1 fully saturated rings. The monoisotopic (exact) mass is 644 g/mol. The molecule has 1 saturated heterocycles. The van der Waals surface area contributed by atoms with Gasteiger partial charge in [0.1, 0.15) is 17.6 Å². The van der Waals surface area contributed by atoms with Gasteiger partial charge in [-0.25, -0.2) is 4.39 Å². The van der Waals surface area contributed by atoms with Crippen LogP contribution in [0, 0.1) is 12.7 Å². The Labute approximate surface area is 238 Å². The molecule has 2 aliphatic rings. The Morgan fingerprint density at radius 1 is 0.838 bits per heavy atom. The van der Waals surface area contributed by atoms with Gasteiger partial charge in [0.25, 0.3) is 17.7 Å². The molecule has 2 heterocycles. The topological polar surface area (TPSA) is 66.9 Å². The minimum absolute atomic E-state index is 0.183. The van der Waals surface area contributed by atoms with Crippen LogP contribution in [0.2, 0.25) is 20.1 Å². The number of benzene rings is 3. The van der Waals surface area contributed by atoms with Crippen molar-refractivity contribution in [3.8, 4) is 5.75 Å². The van der Waals surface area contributed by atoms with Crippen molar-refractivity contribution >= 4 is 85.7 Å². The van der Waals surface area contributed by atoms with Gasteiger partial charge < -0.3 is 9.64 Å². The molecule has 3 aromatic carbocycles. The summed E-state index contributed by atoms with van der Waals surface area (Å²) in [7, 11) is 1.45. The molecule has 0 spiro atoms. The van der Waals surface area contributed by atoms with E-state index in [4.69, 9.17) is 51.1 Å². The zero-order valence-electron chi connectivity index (χ0n) is 18.9. The van der Waals surface area contributed by atoms with Gasteiger partial charge in [-0.05, 0) is 42.8 Å². The van der Waals surface area contributed by atoms with Gasteiger partial charge in [-0.2, -0.15) is 0 Å². The predicted molar refractivity (Wildman–Crippen MR) is 143 cm³/mol. The standard InChI is InChI=1S/C25H14BrCl4FN2O4/c1-9-3-5-11(8-13(9)31)32-21(12-7-10(26)4-6-14(12)37-2)22(25(32)36)33-23(34)15-16(24(33)35)18(28)20(30)19(29)17(15)27/h3-8,21-22H,1-2H3/t21-,22+/m0/s1. The molecule has 0 radical (unpaired) electrons. The summed E-state index contributed by atoms with van der Waals surface area (Å²) in [5.41, 5.74) is 0.642. The van der Waals surface area contributed by atoms with Crippen LogP contribution in [0.5, 0.6) is 5.75 Å². The van der Waals surface area contributed by atoms with E-state index in [1.165, 1.54) is 24.1 Å². The van der Waals surface area contributed by atoms with Crippen molar-refractivity contribution in [1.29, 1.82) is 0 Å². The van der Waals surface area contributed by atoms with E-state index in [9.17, 15) is 18.8 Å². The largest absolute Gasteiger partial charge is 0.496 e. The fourth-order valence-corrected chi connectivity index (χ4v) is 6.00. The number of carbonyl (C=O) groups is 3. The number of fused-ring (bicyclic) bond motifs is 1. The Morgan fingerprint density at radius 2 is 1.43 bits per heavy atom. The highest BCUT2D eigenvalue weighted by Gasteiger charge is 2.59. The second kappa shape index (κ2) is 9.43. The Morgan fingerprint density at radius 3 is 1.97 bits per heavy atom. The highest BCUT2D eigenvalue weighted by Crippen LogP contribution is 2.50. The highest BCUT2D eigenvalue weighted by atomic mass is 79.9. The molecule has 3 aromatic rings. The van der Waals surface area contributed by atoms with E-state index in [0.717, 1.165) is 4.90 Å². The first-order valence-corrected chi connectivity index (χ1v) is 13.0. The number of rotatable bonds is 4. The minimum atomic E-state index is -1.32. The van der Waals surface area contributed by atoms with E-state index in [-0.39, 0.29) is 36.9 Å². The summed E-state index contributed by atoms with van der Waals surface area (Å²) in [4.78, 5) is 42.9. The van der Waals surface area contributed by atoms with Crippen molar-refractivity contribution in [2.24, 2.45) is 0 Å². The summed E-state index contributed by atoms with van der Waals surface area (Å²) in [5, 5.41) is -0.852. The summed E-state index contributed by atoms with van der Waals surface area (Å²) < 4.78 is 20.7. The van der Waals surface area contributed by atoms with Gasteiger partial charge in [0.05, 0.1) is 44.4 Å². The van der Waals surface area contributed by atoms with Crippen LogP contribution in [0.1, 0.15) is 37.9 Å². The first-order chi connectivity index (χ1) is 17.5. The van der Waals surface area contributed by atoms with Crippen LogP contribution >= 0.6 is 62.3 Å². The molecule has 2 atom stereocenters. The maximum Gasteiger partial charge on any atom is 0.264 e. The van der Waals surface area contributed by atoms with Gasteiger partial charge in [-0.1, -0.05) is 68.4 Å². The maximum absolute atomic E-state index is 14.5. The Kier molecular flexibility index (Phi) is 6.69. The number of imide groups is 1. The number of carbonyl (C=O) groups excluding carboxylic acids is 3. The number of methoxy groups -OCH3 is 1. The molecule has 190 valence electrons. The molecule has 37 heavy (non-hydrogen) atoms. The number of β-lactam (4-membered cyclic amide) rings is 1. The molecular weight excluding hydrogens is 633 g/mol. The maximum atomic E-state index is 14.5. The average molecular weight is 647 g/mol. The number of aryl methyl sites for hydroxylation is 1. The third-order valence-electron chi connectivity index (χ3n) is 6.42. The molecule has 0 aliphatic carbocycles. The highest BCUT2D eigenvalue weighted by molar-refractivity contribution is 9.10. The van der Waals surface area contributed by atoms with Crippen LogP contribution in [-0.2, 0) is 4.79 Å². The fourth-order valence-electron chi connectivity index (χ4n) is 4.61. The molecule has 0 saturated carbocycles. The minimum Gasteiger partial charge on any atom is -0.496 e. The number of amides is 3. The average Bonchev–Trinajstić information content (AvgIpc) is 3.12. The number of hydrogen-bond donors (Lipinski definition) is 0. The van der Waals surface area contributed by atoms with Crippen LogP contribution in [0.15, 0.2) is 40.9 Å². The van der Waals surface area contributed by atoms with Gasteiger partial charge in [0.2, 0.25) is 0 Å². The number of nitrogens with zero attached hydrogens (tertiary/aromatic N) is 2. The van der Waals surface area contributed by atoms with E-state index >= 15 is 0 Å². The lowest BCUT2D eigenvalue weighted by Crippen LogP contribution is -2.67. The first-order valence-electron chi connectivity index (χ1n) is 10.7. The molecular formula is C25H14BrCl4FN2O4. The van der Waals surface area contributed by atoms with Crippen LogP contribution in [0.25, 0.3) is 0 Å². The summed E-state index contributed by atoms with van der Waals surface area (Å²) in [6.45, 7) is 1.59. The number of halogens is 6. The lowest BCUT2D eigenvalue weighted by molar-refractivity contribution is -0.130. The van der Waals surface area contributed by atoms with Crippen molar-refractivity contribution < 1.29 is 23.5 Å². The second-order valence-corrected chi connectivity index (χ2v) is 10.8. The normalized spacial score (nSPS) is 18.9. The lowest BCUT2D eigenvalue weighted by Gasteiger charge is -2.50. The Hall–Kier alpha value is -2.36. The van der Waals surface area contributed by atoms with Gasteiger partial charge >= 0.3 is 0 Å². The number of hydrogen-bond acceptors (Lipinski definition) is 4. The van der Waals surface area contributed by atoms with Gasteiger partial charge in [-0.15, -0.1) is 0 Å². The van der Waals surface area contributed by atoms with E-state index in [1.54, 1.807) is 31.2 Å². The molecule has 0 aromatic heterocycles. The second-order valence-electron chi connectivity index (χ2n) is 8.40. The number of anilines is 1. The van der Waals surface area contributed by atoms with Gasteiger partial charge in [0, 0.05) is 15.7 Å². The SMILES string of the molecule is COc1ccc(Br)cc1[C@H]1[C@@H](N2C(=O)c3c(Cl)c(Cl)c(Cl)c(Cl)c3C2=O)C(=O)N1c1ccc(C)c(F)c1. The molecule has 0 unspecified atom stereocenters. The number of ether oxygens (including phenoxy) is 1. The lowest BCUT2D eigenvalue weighted by atomic mass is 9.85. The molecule has 6 nitrogen and oxygen atoms in total. The predicted octanol–water partition coefficient (Wildman–Crippen LogP) is 7.27. The molecule has 2 aliphatic heterocycles. The van der Waals surface area contributed by atoms with Crippen LogP contribution in [0.4, 0.5) is 10.1 Å². The van der Waals surface area contributed by atoms with Crippen molar-refractivity contribution in [3.05, 3.63) is 89.0 Å². The summed E-state index contributed by atoms with van der Waals surface area (Å²) in [6.07, 6.45) is 0. The third-order valence-corrected chi connectivity index (χ3v) is 8.72. The summed E-state index contributed by atoms with van der Waals surface area (Å²) >= 11 is 28.2. The van der Waals surface area contributed by atoms with Crippen molar-refractivity contribution in [2.45, 2.75) is 19.0 Å². The molecule has 0 bridgehead atoms. The van der Waals surface area contributed by atoms with Gasteiger partial charge in [-0.3, -0.25) is 19.3 Å². The summed E-state index contributed by atoms with van der Waals surface area (Å²) in [5.74, 6) is -2.44. The smallest absolute Gasteiger partial charge is 0.264 e. The van der Waals surface area contributed by atoms with Crippen LogP contribution in [0.3, 0.4) is 0 Å². The van der Waals surface area contributed by atoms with E-state index in [1.807, 2.05) is 0 Å². The molecule has 3 amide bonds. The van der Waals surface area contributed by atoms with Crippen LogP contribution in [-0.4, -0.2) is 35.8 Å². The van der Waals surface area contributed by atoms with Crippen LogP contribution < -0.4 is 9.64 Å². The molecule has 12 heteroatoms. The fraction of sp³-hybridized carbons (Fsp3) is 0.160. The van der Waals surface area contributed by atoms with E-state index < -0.39 is 35.6 Å². The van der Waals surface area contributed by atoms with E-state index in [0.29, 0.717) is 21.3 Å². The molecule has 0 N–H and O–H groups in total. The van der Waals surface area contributed by atoms with E-state index in [2.05, 4.69) is 15.9 Å². The third kappa shape index (κ3) is 3.84. The van der Waals surface area contributed by atoms with Gasteiger partial charge in [0.15, 0.2) is 0 Å². The van der Waals surface area contributed by atoms with Crippen molar-refractivity contribution in [1.82, 2.24) is 4.90 Å². The van der Waals surface area contributed by atoms with Crippen molar-refractivity contribution in [3.63, 3.8) is 0 Å². The zero-order chi connectivity index (χ0) is 26.9. The first kappa shape index (κ1) is 26.3. The summed E-state index contributed by atoms with van der Waals surface area (Å²) in [6, 6.07) is 7.20. The Bertz CT molecular complexity index is 1500. The van der Waals surface area contributed by atoms with Crippen molar-refractivity contribution in [2.75, 3.05) is 12.0 Å². The Balaban J connectivity index is 1.68. The molecule has 5 rings (SSSR count). The quantitative estimate of drug-likeness (QED) is 0.129.